The number of aryl methyl sites for hydroxylation is 2. The lowest BCUT2D eigenvalue weighted by Crippen LogP contribution is -2.03. The van der Waals surface area contributed by atoms with Crippen LogP contribution in [0.25, 0.3) is 16.9 Å². The van der Waals surface area contributed by atoms with Crippen LogP contribution in [-0.4, -0.2) is 25.8 Å². The predicted octanol–water partition coefficient (Wildman–Crippen LogP) is 6.54. The van der Waals surface area contributed by atoms with Crippen molar-refractivity contribution in [1.29, 1.82) is 5.26 Å². The van der Waals surface area contributed by atoms with E-state index in [1.54, 1.807) is 16.9 Å². The van der Waals surface area contributed by atoms with Crippen molar-refractivity contribution in [3.05, 3.63) is 89.7 Å². The highest BCUT2D eigenvalue weighted by Crippen LogP contribution is 2.34. The highest BCUT2D eigenvalue weighted by atomic mass is 32.2. The SMILES string of the molecule is CSc1nc2c(C)c(Nc3ccc(Oc4ccncc4)cc3)nn2c(-c2cccc(C)c2)c1C#N. The van der Waals surface area contributed by atoms with Gasteiger partial charge in [-0.1, -0.05) is 23.8 Å². The standard InChI is InChI=1S/C27H22N6OS/c1-17-5-4-6-19(15-17)24-23(16-28)27(35-3)31-26-18(2)25(32-33(24)26)30-20-7-9-21(10-8-20)34-22-11-13-29-14-12-22/h4-15H,1-3H3,(H,30,32). The molecule has 0 atom stereocenters. The molecule has 0 saturated carbocycles. The van der Waals surface area contributed by atoms with Crippen LogP contribution in [0.15, 0.2) is 78.1 Å². The summed E-state index contributed by atoms with van der Waals surface area (Å²) in [6.07, 6.45) is 5.31. The third-order valence-corrected chi connectivity index (χ3v) is 6.24. The summed E-state index contributed by atoms with van der Waals surface area (Å²) in [5, 5.41) is 18.9. The van der Waals surface area contributed by atoms with E-state index in [9.17, 15) is 5.26 Å². The number of nitrogens with zero attached hydrogens (tertiary/aromatic N) is 5. The zero-order chi connectivity index (χ0) is 24.4. The Hall–Kier alpha value is -4.35. The Morgan fingerprint density at radius 3 is 2.43 bits per heavy atom. The molecule has 0 aliphatic carbocycles. The smallest absolute Gasteiger partial charge is 0.162 e. The molecule has 0 unspecified atom stereocenters. The van der Waals surface area contributed by atoms with E-state index < -0.39 is 0 Å². The van der Waals surface area contributed by atoms with E-state index in [4.69, 9.17) is 14.8 Å². The van der Waals surface area contributed by atoms with Crippen LogP contribution in [0.2, 0.25) is 0 Å². The van der Waals surface area contributed by atoms with E-state index in [1.807, 2.05) is 74.7 Å². The Balaban J connectivity index is 1.54. The van der Waals surface area contributed by atoms with Crippen LogP contribution in [-0.2, 0) is 0 Å². The summed E-state index contributed by atoms with van der Waals surface area (Å²) >= 11 is 1.46. The number of aromatic nitrogens is 4. The number of ether oxygens (including phenoxy) is 1. The molecule has 3 aromatic heterocycles. The zero-order valence-electron chi connectivity index (χ0n) is 19.5. The predicted molar refractivity (Wildman–Crippen MR) is 138 cm³/mol. The van der Waals surface area contributed by atoms with Gasteiger partial charge >= 0.3 is 0 Å². The van der Waals surface area contributed by atoms with E-state index in [0.29, 0.717) is 22.1 Å². The van der Waals surface area contributed by atoms with Gasteiger partial charge in [0.05, 0.1) is 5.69 Å². The number of benzene rings is 2. The molecule has 35 heavy (non-hydrogen) atoms. The fourth-order valence-electron chi connectivity index (χ4n) is 3.85. The average molecular weight is 479 g/mol. The summed E-state index contributed by atoms with van der Waals surface area (Å²) in [4.78, 5) is 8.77. The van der Waals surface area contributed by atoms with Crippen molar-refractivity contribution >= 4 is 28.9 Å². The minimum Gasteiger partial charge on any atom is -0.457 e. The second-order valence-electron chi connectivity index (χ2n) is 7.97. The molecule has 0 aliphatic heterocycles. The van der Waals surface area contributed by atoms with Gasteiger partial charge in [-0.05, 0) is 62.6 Å². The number of pyridine rings is 1. The quantitative estimate of drug-likeness (QED) is 0.219. The highest BCUT2D eigenvalue weighted by molar-refractivity contribution is 7.98. The second-order valence-corrected chi connectivity index (χ2v) is 8.76. The maximum atomic E-state index is 9.99. The minimum absolute atomic E-state index is 0.516. The van der Waals surface area contributed by atoms with E-state index in [2.05, 4.69) is 22.4 Å². The molecule has 0 saturated heterocycles. The molecule has 0 spiro atoms. The number of hydrogen-bond acceptors (Lipinski definition) is 7. The first-order valence-corrected chi connectivity index (χ1v) is 12.2. The lowest BCUT2D eigenvalue weighted by Gasteiger charge is -2.11. The van der Waals surface area contributed by atoms with Crippen LogP contribution in [0.4, 0.5) is 11.5 Å². The summed E-state index contributed by atoms with van der Waals surface area (Å²) in [5.74, 6) is 2.13. The largest absolute Gasteiger partial charge is 0.457 e. The van der Waals surface area contributed by atoms with Gasteiger partial charge in [0.1, 0.15) is 28.2 Å². The summed E-state index contributed by atoms with van der Waals surface area (Å²) in [7, 11) is 0. The molecular weight excluding hydrogens is 456 g/mol. The lowest BCUT2D eigenvalue weighted by atomic mass is 10.1. The maximum Gasteiger partial charge on any atom is 0.162 e. The molecule has 7 nitrogen and oxygen atoms in total. The molecular formula is C27H22N6OS. The molecule has 3 heterocycles. The number of fused-ring (bicyclic) bond motifs is 1. The van der Waals surface area contributed by atoms with Gasteiger partial charge < -0.3 is 10.1 Å². The van der Waals surface area contributed by atoms with E-state index in [-0.39, 0.29) is 0 Å². The van der Waals surface area contributed by atoms with E-state index >= 15 is 0 Å². The number of rotatable bonds is 6. The first-order chi connectivity index (χ1) is 17.1. The van der Waals surface area contributed by atoms with Gasteiger partial charge in [0.25, 0.3) is 0 Å². The summed E-state index contributed by atoms with van der Waals surface area (Å²) in [6, 6.07) is 21.7. The van der Waals surface area contributed by atoms with Gasteiger partial charge in [0, 0.05) is 29.2 Å². The first-order valence-electron chi connectivity index (χ1n) is 11.0. The van der Waals surface area contributed by atoms with Crippen molar-refractivity contribution in [1.82, 2.24) is 19.6 Å². The molecule has 5 aromatic rings. The molecule has 5 rings (SSSR count). The van der Waals surface area contributed by atoms with Crippen molar-refractivity contribution < 1.29 is 4.74 Å². The number of nitriles is 1. The number of thioether (sulfide) groups is 1. The Bertz CT molecular complexity index is 1560. The summed E-state index contributed by atoms with van der Waals surface area (Å²) < 4.78 is 7.62. The fourth-order valence-corrected chi connectivity index (χ4v) is 4.37. The van der Waals surface area contributed by atoms with Crippen molar-refractivity contribution in [2.75, 3.05) is 11.6 Å². The summed E-state index contributed by atoms with van der Waals surface area (Å²) in [5.41, 5.74) is 5.77. The number of nitrogens with one attached hydrogen (secondary N) is 1. The Morgan fingerprint density at radius 2 is 1.74 bits per heavy atom. The Morgan fingerprint density at radius 1 is 1.00 bits per heavy atom. The van der Waals surface area contributed by atoms with Crippen molar-refractivity contribution in [3.8, 4) is 28.8 Å². The zero-order valence-corrected chi connectivity index (χ0v) is 20.3. The normalized spacial score (nSPS) is 10.8. The molecule has 0 radical (unpaired) electrons. The molecule has 0 bridgehead atoms. The molecule has 0 aliphatic rings. The van der Waals surface area contributed by atoms with Crippen LogP contribution in [0.1, 0.15) is 16.7 Å². The average Bonchev–Trinajstić information content (AvgIpc) is 3.19. The molecule has 8 heteroatoms. The van der Waals surface area contributed by atoms with Gasteiger partial charge in [0.15, 0.2) is 11.5 Å². The van der Waals surface area contributed by atoms with E-state index in [1.165, 1.54) is 11.8 Å². The van der Waals surface area contributed by atoms with Gasteiger partial charge in [-0.15, -0.1) is 16.9 Å². The molecule has 2 aromatic carbocycles. The first kappa shape index (κ1) is 22.4. The lowest BCUT2D eigenvalue weighted by molar-refractivity contribution is 0.482. The van der Waals surface area contributed by atoms with Crippen LogP contribution in [0, 0.1) is 25.2 Å². The third-order valence-electron chi connectivity index (χ3n) is 5.56. The van der Waals surface area contributed by atoms with Crippen LogP contribution < -0.4 is 10.1 Å². The number of anilines is 2. The molecule has 0 amide bonds. The maximum absolute atomic E-state index is 9.99. The third kappa shape index (κ3) is 4.42. The van der Waals surface area contributed by atoms with Crippen LogP contribution >= 0.6 is 11.8 Å². The Labute approximate surface area is 207 Å². The second kappa shape index (κ2) is 9.49. The van der Waals surface area contributed by atoms with Crippen LogP contribution in [0.3, 0.4) is 0 Å². The van der Waals surface area contributed by atoms with Gasteiger partial charge in [-0.2, -0.15) is 5.26 Å². The van der Waals surface area contributed by atoms with Gasteiger partial charge in [-0.3, -0.25) is 4.98 Å². The topological polar surface area (TPSA) is 88.1 Å². The van der Waals surface area contributed by atoms with Gasteiger partial charge in [-0.25, -0.2) is 9.50 Å². The van der Waals surface area contributed by atoms with Crippen molar-refractivity contribution in [2.24, 2.45) is 0 Å². The Kier molecular flexibility index (Phi) is 6.08. The van der Waals surface area contributed by atoms with Crippen molar-refractivity contribution in [2.45, 2.75) is 18.9 Å². The summed E-state index contributed by atoms with van der Waals surface area (Å²) in [6.45, 7) is 4.02. The number of hydrogen-bond donors (Lipinski definition) is 1. The fraction of sp³-hybridized carbons (Fsp3) is 0.111. The van der Waals surface area contributed by atoms with E-state index in [0.717, 1.165) is 39.6 Å². The monoisotopic (exact) mass is 478 g/mol. The van der Waals surface area contributed by atoms with Gasteiger partial charge in [0.2, 0.25) is 0 Å². The molecule has 0 fully saturated rings. The van der Waals surface area contributed by atoms with Crippen molar-refractivity contribution in [3.63, 3.8) is 0 Å². The molecule has 1 N–H and O–H groups in total. The highest BCUT2D eigenvalue weighted by Gasteiger charge is 2.21. The molecule has 172 valence electrons. The van der Waals surface area contributed by atoms with Crippen LogP contribution in [0.5, 0.6) is 11.5 Å². The minimum atomic E-state index is 0.516.